The van der Waals surface area contributed by atoms with E-state index in [1.165, 1.54) is 0 Å². The molecule has 0 aromatic carbocycles. The van der Waals surface area contributed by atoms with Gasteiger partial charge in [0.05, 0.1) is 4.47 Å². The van der Waals surface area contributed by atoms with Gasteiger partial charge in [-0.2, -0.15) is 4.98 Å². The number of rotatable bonds is 7. The Labute approximate surface area is 118 Å². The van der Waals surface area contributed by atoms with Crippen LogP contribution in [0.2, 0.25) is 0 Å². The molecule has 0 unspecified atom stereocenters. The molecule has 4 nitrogen and oxygen atoms in total. The number of nitrogens with one attached hydrogen (secondary N) is 1. The van der Waals surface area contributed by atoms with Crippen molar-refractivity contribution >= 4 is 27.7 Å². The van der Waals surface area contributed by atoms with Crippen LogP contribution in [0.3, 0.4) is 0 Å². The summed E-state index contributed by atoms with van der Waals surface area (Å²) in [5, 5.41) is 3.22. The number of aromatic nitrogens is 2. The molecule has 0 radical (unpaired) electrons. The maximum Gasteiger partial charge on any atom is 0.224 e. The summed E-state index contributed by atoms with van der Waals surface area (Å²) in [6.45, 7) is 7.44. The molecule has 0 spiro atoms. The van der Waals surface area contributed by atoms with E-state index in [9.17, 15) is 0 Å². The fourth-order valence-corrected chi connectivity index (χ4v) is 2.41. The summed E-state index contributed by atoms with van der Waals surface area (Å²) >= 11 is 3.53. The summed E-state index contributed by atoms with van der Waals surface area (Å²) in [4.78, 5) is 11.1. The first-order chi connectivity index (χ1) is 8.63. The van der Waals surface area contributed by atoms with Gasteiger partial charge in [0.2, 0.25) is 5.95 Å². The topological polar surface area (TPSA) is 41.1 Å². The van der Waals surface area contributed by atoms with E-state index in [0.717, 1.165) is 36.1 Å². The molecule has 0 bridgehead atoms. The number of halogens is 1. The molecule has 1 N–H and O–H groups in total. The minimum Gasteiger partial charge on any atom is -0.356 e. The van der Waals surface area contributed by atoms with Crippen molar-refractivity contribution in [3.8, 4) is 0 Å². The zero-order valence-corrected chi connectivity index (χ0v) is 13.3. The second-order valence-electron chi connectivity index (χ2n) is 4.37. The number of nitrogens with zero attached hydrogens (tertiary/aromatic N) is 3. The zero-order chi connectivity index (χ0) is 13.5. The molecule has 0 amide bonds. The third-order valence-electron chi connectivity index (χ3n) is 3.08. The zero-order valence-electron chi connectivity index (χ0n) is 11.7. The monoisotopic (exact) mass is 314 g/mol. The van der Waals surface area contributed by atoms with Crippen molar-refractivity contribution in [2.45, 2.75) is 46.1 Å². The van der Waals surface area contributed by atoms with E-state index in [-0.39, 0.29) is 0 Å². The minimum atomic E-state index is 0.509. The highest BCUT2D eigenvalue weighted by Crippen LogP contribution is 2.26. The third kappa shape index (κ3) is 3.83. The smallest absolute Gasteiger partial charge is 0.224 e. The van der Waals surface area contributed by atoms with E-state index in [1.807, 2.05) is 6.20 Å². The second kappa shape index (κ2) is 7.56. The van der Waals surface area contributed by atoms with Crippen molar-refractivity contribution in [3.63, 3.8) is 0 Å². The summed E-state index contributed by atoms with van der Waals surface area (Å²) in [6, 6.07) is 0.509. The van der Waals surface area contributed by atoms with Gasteiger partial charge in [-0.3, -0.25) is 0 Å². The molecule has 0 fully saturated rings. The van der Waals surface area contributed by atoms with Crippen LogP contribution in [0.25, 0.3) is 0 Å². The quantitative estimate of drug-likeness (QED) is 0.833. The number of hydrogen-bond acceptors (Lipinski definition) is 4. The molecule has 0 aliphatic rings. The molecular weight excluding hydrogens is 292 g/mol. The Bertz CT molecular complexity index is 366. The van der Waals surface area contributed by atoms with Crippen LogP contribution in [0.15, 0.2) is 10.7 Å². The summed E-state index contributed by atoms with van der Waals surface area (Å²) < 4.78 is 0.943. The molecule has 0 saturated carbocycles. The van der Waals surface area contributed by atoms with Gasteiger partial charge >= 0.3 is 0 Å². The fourth-order valence-electron chi connectivity index (χ4n) is 1.94. The standard InChI is InChI=1S/C13H23BrN4/c1-5-8-15-13-16-9-11(14)12(17-13)18(4)10(6-2)7-3/h9-10H,5-8H2,1-4H3,(H,15,16,17). The Hall–Kier alpha value is -0.840. The minimum absolute atomic E-state index is 0.509. The molecule has 0 atom stereocenters. The van der Waals surface area contributed by atoms with E-state index < -0.39 is 0 Å². The molecule has 1 rings (SSSR count). The SMILES string of the molecule is CCCNc1ncc(Br)c(N(C)C(CC)CC)n1. The van der Waals surface area contributed by atoms with Gasteiger partial charge in [-0.15, -0.1) is 0 Å². The predicted octanol–water partition coefficient (Wildman–Crippen LogP) is 3.69. The highest BCUT2D eigenvalue weighted by molar-refractivity contribution is 9.10. The lowest BCUT2D eigenvalue weighted by Crippen LogP contribution is -2.31. The number of anilines is 2. The Kier molecular flexibility index (Phi) is 6.39. The van der Waals surface area contributed by atoms with Crippen LogP contribution in [0.5, 0.6) is 0 Å². The van der Waals surface area contributed by atoms with Crippen molar-refractivity contribution in [1.29, 1.82) is 0 Å². The Morgan fingerprint density at radius 2 is 2.00 bits per heavy atom. The molecular formula is C13H23BrN4. The van der Waals surface area contributed by atoms with Crippen LogP contribution < -0.4 is 10.2 Å². The first-order valence-electron chi connectivity index (χ1n) is 6.63. The molecule has 102 valence electrons. The summed E-state index contributed by atoms with van der Waals surface area (Å²) in [5.41, 5.74) is 0. The molecule has 1 heterocycles. The Morgan fingerprint density at radius 1 is 1.33 bits per heavy atom. The third-order valence-corrected chi connectivity index (χ3v) is 3.64. The molecule has 18 heavy (non-hydrogen) atoms. The molecule has 1 aromatic rings. The van der Waals surface area contributed by atoms with Crippen LogP contribution in [-0.4, -0.2) is 29.6 Å². The van der Waals surface area contributed by atoms with Gasteiger partial charge in [0, 0.05) is 25.8 Å². The van der Waals surface area contributed by atoms with Crippen molar-refractivity contribution in [2.24, 2.45) is 0 Å². The average Bonchev–Trinajstić information content (AvgIpc) is 2.39. The van der Waals surface area contributed by atoms with Crippen LogP contribution in [-0.2, 0) is 0 Å². The van der Waals surface area contributed by atoms with Gasteiger partial charge in [0.25, 0.3) is 0 Å². The van der Waals surface area contributed by atoms with Gasteiger partial charge in [0.1, 0.15) is 5.82 Å². The number of hydrogen-bond donors (Lipinski definition) is 1. The average molecular weight is 315 g/mol. The molecule has 0 aliphatic heterocycles. The Morgan fingerprint density at radius 3 is 2.56 bits per heavy atom. The maximum atomic E-state index is 4.58. The second-order valence-corrected chi connectivity index (χ2v) is 5.23. The lowest BCUT2D eigenvalue weighted by Gasteiger charge is -2.28. The van der Waals surface area contributed by atoms with E-state index in [2.05, 4.69) is 63.9 Å². The molecule has 0 saturated heterocycles. The Balaban J connectivity index is 2.91. The van der Waals surface area contributed by atoms with Gasteiger partial charge in [-0.1, -0.05) is 20.8 Å². The highest BCUT2D eigenvalue weighted by atomic mass is 79.9. The first kappa shape index (κ1) is 15.2. The normalized spacial score (nSPS) is 10.8. The molecule has 1 aromatic heterocycles. The van der Waals surface area contributed by atoms with Gasteiger partial charge in [-0.05, 0) is 35.2 Å². The van der Waals surface area contributed by atoms with Gasteiger partial charge in [0.15, 0.2) is 0 Å². The van der Waals surface area contributed by atoms with E-state index >= 15 is 0 Å². The van der Waals surface area contributed by atoms with E-state index in [0.29, 0.717) is 12.0 Å². The van der Waals surface area contributed by atoms with Crippen molar-refractivity contribution in [2.75, 3.05) is 23.8 Å². The van der Waals surface area contributed by atoms with Crippen LogP contribution >= 0.6 is 15.9 Å². The lowest BCUT2D eigenvalue weighted by atomic mass is 10.1. The van der Waals surface area contributed by atoms with E-state index in [4.69, 9.17) is 0 Å². The summed E-state index contributed by atoms with van der Waals surface area (Å²) in [6.07, 6.45) is 5.11. The lowest BCUT2D eigenvalue weighted by molar-refractivity contribution is 0.585. The van der Waals surface area contributed by atoms with Crippen molar-refractivity contribution in [3.05, 3.63) is 10.7 Å². The van der Waals surface area contributed by atoms with Gasteiger partial charge in [-0.25, -0.2) is 4.98 Å². The van der Waals surface area contributed by atoms with Gasteiger partial charge < -0.3 is 10.2 Å². The molecule has 0 aliphatic carbocycles. The van der Waals surface area contributed by atoms with Crippen LogP contribution in [0.1, 0.15) is 40.0 Å². The molecule has 5 heteroatoms. The van der Waals surface area contributed by atoms with Crippen LogP contribution in [0.4, 0.5) is 11.8 Å². The predicted molar refractivity (Wildman–Crippen MR) is 81.3 cm³/mol. The summed E-state index contributed by atoms with van der Waals surface area (Å²) in [7, 11) is 2.09. The van der Waals surface area contributed by atoms with Crippen molar-refractivity contribution < 1.29 is 0 Å². The van der Waals surface area contributed by atoms with E-state index in [1.54, 1.807) is 0 Å². The van der Waals surface area contributed by atoms with Crippen LogP contribution in [0, 0.1) is 0 Å². The fraction of sp³-hybridized carbons (Fsp3) is 0.692. The highest BCUT2D eigenvalue weighted by Gasteiger charge is 2.16. The largest absolute Gasteiger partial charge is 0.356 e. The van der Waals surface area contributed by atoms with Crippen molar-refractivity contribution in [1.82, 2.24) is 9.97 Å². The maximum absolute atomic E-state index is 4.58. The summed E-state index contributed by atoms with van der Waals surface area (Å²) in [5.74, 6) is 1.66. The first-order valence-corrected chi connectivity index (χ1v) is 7.42.